The van der Waals surface area contributed by atoms with Crippen molar-refractivity contribution in [3.05, 3.63) is 100 Å². The third-order valence-electron chi connectivity index (χ3n) is 6.27. The second-order valence-electron chi connectivity index (χ2n) is 9.81. The number of hydrogen-bond acceptors (Lipinski definition) is 5. The molecule has 0 bridgehead atoms. The highest BCUT2D eigenvalue weighted by molar-refractivity contribution is 6.46. The van der Waals surface area contributed by atoms with Crippen molar-refractivity contribution in [1.82, 2.24) is 4.90 Å². The van der Waals surface area contributed by atoms with Gasteiger partial charge in [0, 0.05) is 17.7 Å². The first-order valence-corrected chi connectivity index (χ1v) is 11.5. The Morgan fingerprint density at radius 1 is 1.03 bits per heavy atom. The molecule has 186 valence electrons. The van der Waals surface area contributed by atoms with E-state index in [4.69, 9.17) is 4.74 Å². The summed E-state index contributed by atoms with van der Waals surface area (Å²) in [5.74, 6) is -1.77. The predicted octanol–water partition coefficient (Wildman–Crippen LogP) is 5.46. The van der Waals surface area contributed by atoms with Crippen LogP contribution in [0.1, 0.15) is 49.1 Å². The summed E-state index contributed by atoms with van der Waals surface area (Å²) in [5.41, 5.74) is 1.86. The lowest BCUT2D eigenvalue weighted by Crippen LogP contribution is -2.29. The smallest absolute Gasteiger partial charge is 0.295 e. The summed E-state index contributed by atoms with van der Waals surface area (Å²) >= 11 is 0. The summed E-state index contributed by atoms with van der Waals surface area (Å²) < 4.78 is 18.9. The van der Waals surface area contributed by atoms with Gasteiger partial charge in [0.05, 0.1) is 18.7 Å². The van der Waals surface area contributed by atoms with Gasteiger partial charge in [0.25, 0.3) is 11.7 Å². The molecule has 4 rings (SSSR count). The van der Waals surface area contributed by atoms with E-state index in [1.807, 2.05) is 20.8 Å². The highest BCUT2D eigenvalue weighted by atomic mass is 19.1. The number of methoxy groups -OCH3 is 1. The van der Waals surface area contributed by atoms with Crippen molar-refractivity contribution in [2.24, 2.45) is 0 Å². The summed E-state index contributed by atoms with van der Waals surface area (Å²) in [7, 11) is 1.56. The molecule has 0 spiro atoms. The van der Waals surface area contributed by atoms with E-state index in [9.17, 15) is 24.2 Å². The molecule has 1 heterocycles. The number of aromatic hydroxyl groups is 1. The third-order valence-corrected chi connectivity index (χ3v) is 6.27. The lowest BCUT2D eigenvalue weighted by Gasteiger charge is -2.26. The van der Waals surface area contributed by atoms with Crippen LogP contribution in [0.2, 0.25) is 0 Å². The minimum Gasteiger partial charge on any atom is -0.508 e. The Balaban J connectivity index is 1.89. The molecule has 1 fully saturated rings. The SMILES string of the molecule is COc1ccc(/C(O)=C2/C(=O)C(=O)N(Cc3ccc(F)cc3)C2c2cccc(O)c2)cc1C(C)(C)C. The van der Waals surface area contributed by atoms with Gasteiger partial charge in [0.15, 0.2) is 0 Å². The number of halogens is 1. The van der Waals surface area contributed by atoms with Crippen molar-refractivity contribution in [3.8, 4) is 11.5 Å². The van der Waals surface area contributed by atoms with Gasteiger partial charge >= 0.3 is 0 Å². The molecule has 3 aromatic rings. The Morgan fingerprint density at radius 3 is 2.33 bits per heavy atom. The molecule has 6 nitrogen and oxygen atoms in total. The molecule has 1 aliphatic heterocycles. The van der Waals surface area contributed by atoms with Crippen LogP contribution in [0, 0.1) is 5.82 Å². The van der Waals surface area contributed by atoms with Crippen LogP contribution in [0.15, 0.2) is 72.3 Å². The summed E-state index contributed by atoms with van der Waals surface area (Å²) in [6.45, 7) is 6.02. The molecule has 0 aliphatic carbocycles. The molecule has 7 heteroatoms. The van der Waals surface area contributed by atoms with Crippen molar-refractivity contribution >= 4 is 17.4 Å². The number of nitrogens with zero attached hydrogens (tertiary/aromatic N) is 1. The first-order chi connectivity index (χ1) is 17.0. The Labute approximate surface area is 209 Å². The van der Waals surface area contributed by atoms with Crippen molar-refractivity contribution < 1.29 is 28.9 Å². The van der Waals surface area contributed by atoms with Crippen LogP contribution >= 0.6 is 0 Å². The number of likely N-dealkylation sites (tertiary alicyclic amines) is 1. The summed E-state index contributed by atoms with van der Waals surface area (Å²) in [5, 5.41) is 21.5. The highest BCUT2D eigenvalue weighted by Gasteiger charge is 2.46. The first-order valence-electron chi connectivity index (χ1n) is 11.5. The molecule has 0 saturated carbocycles. The van der Waals surface area contributed by atoms with Crippen LogP contribution in [0.4, 0.5) is 4.39 Å². The Bertz CT molecular complexity index is 1350. The number of phenolic OH excluding ortho intramolecular Hbond substituents is 1. The Morgan fingerprint density at radius 2 is 1.72 bits per heavy atom. The number of aliphatic hydroxyl groups excluding tert-OH is 1. The number of phenols is 1. The minimum atomic E-state index is -0.956. The van der Waals surface area contributed by atoms with E-state index >= 15 is 0 Å². The van der Waals surface area contributed by atoms with Gasteiger partial charge < -0.3 is 19.8 Å². The van der Waals surface area contributed by atoms with Crippen LogP contribution in [0.25, 0.3) is 5.76 Å². The number of benzene rings is 3. The van der Waals surface area contributed by atoms with E-state index in [0.29, 0.717) is 22.4 Å². The van der Waals surface area contributed by atoms with E-state index in [0.717, 1.165) is 5.56 Å². The quantitative estimate of drug-likeness (QED) is 0.282. The van der Waals surface area contributed by atoms with Crippen molar-refractivity contribution in [1.29, 1.82) is 0 Å². The fourth-order valence-electron chi connectivity index (χ4n) is 4.47. The average Bonchev–Trinajstić information content (AvgIpc) is 3.09. The monoisotopic (exact) mass is 489 g/mol. The second-order valence-corrected chi connectivity index (χ2v) is 9.81. The number of amides is 1. The number of Topliss-reactive ketones (excluding diaryl/α,β-unsaturated/α-hetero) is 1. The van der Waals surface area contributed by atoms with E-state index in [1.54, 1.807) is 37.4 Å². The van der Waals surface area contributed by atoms with Gasteiger partial charge in [-0.3, -0.25) is 9.59 Å². The van der Waals surface area contributed by atoms with E-state index in [1.165, 1.54) is 41.3 Å². The zero-order valence-corrected chi connectivity index (χ0v) is 20.6. The van der Waals surface area contributed by atoms with Gasteiger partial charge in [-0.1, -0.05) is 45.0 Å². The van der Waals surface area contributed by atoms with Crippen LogP contribution in [-0.2, 0) is 21.5 Å². The summed E-state index contributed by atoms with van der Waals surface area (Å²) in [6, 6.07) is 16.0. The number of carbonyl (C=O) groups excluding carboxylic acids is 2. The lowest BCUT2D eigenvalue weighted by molar-refractivity contribution is -0.140. The number of aliphatic hydroxyl groups is 1. The maximum atomic E-state index is 13.4. The molecule has 1 unspecified atom stereocenters. The van der Waals surface area contributed by atoms with Gasteiger partial charge in [0.1, 0.15) is 23.1 Å². The average molecular weight is 490 g/mol. The molecule has 1 saturated heterocycles. The van der Waals surface area contributed by atoms with Gasteiger partial charge in [-0.2, -0.15) is 0 Å². The number of ketones is 1. The van der Waals surface area contributed by atoms with Crippen LogP contribution in [0.3, 0.4) is 0 Å². The van der Waals surface area contributed by atoms with Crippen molar-refractivity contribution in [3.63, 3.8) is 0 Å². The highest BCUT2D eigenvalue weighted by Crippen LogP contribution is 2.42. The van der Waals surface area contributed by atoms with E-state index in [2.05, 4.69) is 0 Å². The number of carbonyl (C=O) groups is 2. The fourth-order valence-corrected chi connectivity index (χ4v) is 4.47. The Kier molecular flexibility index (Phi) is 6.59. The molecule has 3 aromatic carbocycles. The van der Waals surface area contributed by atoms with Gasteiger partial charge in [-0.05, 0) is 59.0 Å². The predicted molar refractivity (Wildman–Crippen MR) is 134 cm³/mol. The molecule has 2 N–H and O–H groups in total. The standard InChI is InChI=1S/C29H28FNO5/c1-29(2,3)22-15-19(10-13-23(22)36-4)26(33)24-25(18-6-5-7-21(32)14-18)31(28(35)27(24)34)16-17-8-11-20(30)12-9-17/h5-15,25,32-33H,16H2,1-4H3/b26-24-. The maximum absolute atomic E-state index is 13.4. The van der Waals surface area contributed by atoms with Gasteiger partial charge in [-0.15, -0.1) is 0 Å². The number of ether oxygens (including phenoxy) is 1. The zero-order valence-electron chi connectivity index (χ0n) is 20.6. The summed E-state index contributed by atoms with van der Waals surface area (Å²) in [6.07, 6.45) is 0. The number of rotatable bonds is 5. The van der Waals surface area contributed by atoms with Crippen LogP contribution in [-0.4, -0.2) is 33.9 Å². The molecule has 1 aliphatic rings. The van der Waals surface area contributed by atoms with Crippen molar-refractivity contribution in [2.45, 2.75) is 38.8 Å². The fraction of sp³-hybridized carbons (Fsp3) is 0.241. The van der Waals surface area contributed by atoms with Gasteiger partial charge in [0.2, 0.25) is 0 Å². The Hall–Kier alpha value is -4.13. The zero-order chi connectivity index (χ0) is 26.2. The van der Waals surface area contributed by atoms with Gasteiger partial charge in [-0.25, -0.2) is 4.39 Å². The topological polar surface area (TPSA) is 87.1 Å². The molecular weight excluding hydrogens is 461 g/mol. The molecule has 1 atom stereocenters. The summed E-state index contributed by atoms with van der Waals surface area (Å²) in [4.78, 5) is 27.8. The lowest BCUT2D eigenvalue weighted by atomic mass is 9.84. The molecule has 36 heavy (non-hydrogen) atoms. The molecular formula is C29H28FNO5. The third kappa shape index (κ3) is 4.69. The van der Waals surface area contributed by atoms with Crippen molar-refractivity contribution in [2.75, 3.05) is 7.11 Å². The normalized spacial score (nSPS) is 17.5. The number of hydrogen-bond donors (Lipinski definition) is 2. The molecule has 1 amide bonds. The van der Waals surface area contributed by atoms with E-state index in [-0.39, 0.29) is 29.0 Å². The van der Waals surface area contributed by atoms with Crippen LogP contribution < -0.4 is 4.74 Å². The minimum absolute atomic E-state index is 0.0117. The first kappa shape index (κ1) is 25.0. The maximum Gasteiger partial charge on any atom is 0.295 e. The second kappa shape index (κ2) is 9.49. The van der Waals surface area contributed by atoms with Crippen LogP contribution in [0.5, 0.6) is 11.5 Å². The largest absolute Gasteiger partial charge is 0.508 e. The molecule has 0 aromatic heterocycles. The molecule has 0 radical (unpaired) electrons. The van der Waals surface area contributed by atoms with E-state index < -0.39 is 23.5 Å².